The van der Waals surface area contributed by atoms with Gasteiger partial charge in [0, 0.05) is 24.3 Å². The van der Waals surface area contributed by atoms with Crippen molar-refractivity contribution in [3.05, 3.63) is 27.5 Å². The van der Waals surface area contributed by atoms with E-state index in [-0.39, 0.29) is 28.4 Å². The average molecular weight is 660 g/mol. The zero-order valence-corrected chi connectivity index (χ0v) is 27.6. The highest BCUT2D eigenvalue weighted by Gasteiger charge is 2.59. The Morgan fingerprint density at radius 1 is 1.24 bits per heavy atom. The molecule has 3 aliphatic rings. The van der Waals surface area contributed by atoms with Crippen molar-refractivity contribution in [2.45, 2.75) is 96.0 Å². The number of pyridine rings is 1. The number of aromatic nitrogens is 1. The molecule has 3 heterocycles. The number of rotatable bonds is 5. The fraction of sp³-hybridized carbons (Fsp3) is 0.548. The number of amides is 2. The van der Waals surface area contributed by atoms with Crippen molar-refractivity contribution < 1.29 is 23.5 Å². The van der Waals surface area contributed by atoms with Crippen LogP contribution in [-0.2, 0) is 15.9 Å². The fourth-order valence-corrected chi connectivity index (χ4v) is 6.57. The highest BCUT2D eigenvalue weighted by molar-refractivity contribution is 9.10. The molecular formula is C31H36BrFN4O4S. The molecule has 1 aliphatic carbocycles. The summed E-state index contributed by atoms with van der Waals surface area (Å²) >= 11 is 4.67. The van der Waals surface area contributed by atoms with Crippen LogP contribution in [0.1, 0.15) is 72.4 Å². The lowest BCUT2D eigenvalue weighted by molar-refractivity contribution is 0.0216. The van der Waals surface area contributed by atoms with Crippen LogP contribution in [0.4, 0.5) is 19.7 Å². The summed E-state index contributed by atoms with van der Waals surface area (Å²) in [4.78, 5) is 35.2. The van der Waals surface area contributed by atoms with E-state index in [4.69, 9.17) is 9.47 Å². The molecule has 42 heavy (non-hydrogen) atoms. The van der Waals surface area contributed by atoms with Gasteiger partial charge in [0.15, 0.2) is 5.82 Å². The Bertz CT molecular complexity index is 1530. The number of carbonyl (C=O) groups is 2. The number of carbonyl (C=O) groups excluding carboxylic acids is 2. The maximum absolute atomic E-state index is 16.0. The molecule has 3 atom stereocenters. The smallest absolute Gasteiger partial charge is 0.415 e. The molecule has 11 heteroatoms. The topological polar surface area (TPSA) is 95.8 Å². The largest absolute Gasteiger partial charge is 0.444 e. The summed E-state index contributed by atoms with van der Waals surface area (Å²) < 4.78 is 27.8. The maximum Gasteiger partial charge on any atom is 0.415 e. The highest BCUT2D eigenvalue weighted by Crippen LogP contribution is 2.49. The van der Waals surface area contributed by atoms with Gasteiger partial charge < -0.3 is 14.4 Å². The summed E-state index contributed by atoms with van der Waals surface area (Å²) in [6.45, 7) is 12.9. The molecule has 3 fully saturated rings. The lowest BCUT2D eigenvalue weighted by Crippen LogP contribution is -2.59. The summed E-state index contributed by atoms with van der Waals surface area (Å²) in [5.41, 5.74) is 0.0282. The van der Waals surface area contributed by atoms with Crippen LogP contribution in [0.5, 0.6) is 0 Å². The third kappa shape index (κ3) is 6.18. The van der Waals surface area contributed by atoms with Crippen molar-refractivity contribution in [3.8, 4) is 17.9 Å². The fourth-order valence-electron chi connectivity index (χ4n) is 5.54. The second-order valence-electron chi connectivity index (χ2n) is 12.5. The van der Waals surface area contributed by atoms with E-state index in [1.807, 2.05) is 27.0 Å². The lowest BCUT2D eigenvalue weighted by atomic mass is 9.78. The first-order valence-corrected chi connectivity index (χ1v) is 15.8. The summed E-state index contributed by atoms with van der Waals surface area (Å²) in [5.74, 6) is 5.44. The predicted molar refractivity (Wildman–Crippen MR) is 165 cm³/mol. The summed E-state index contributed by atoms with van der Waals surface area (Å²) in [6.07, 6.45) is 1.95. The standard InChI is InChI=1S/C31H36BrFN4O4S/c1-9-11-19-26(20-14-17(12-10-13-34)22(32)23(33)24(20)35-27(19)42-8)37(29(39)41-31(5,6)7)25-18-15-21(25)36(16-18)28(38)40-30(2,3)4/h14,18,21,25H,10,12,15-16H2,1-8H3/t18-,21+,25-/m0/s1. The molecule has 224 valence electrons. The Morgan fingerprint density at radius 3 is 2.48 bits per heavy atom. The van der Waals surface area contributed by atoms with Crippen LogP contribution in [-0.4, -0.2) is 58.2 Å². The van der Waals surface area contributed by atoms with Crippen LogP contribution in [0.2, 0.25) is 0 Å². The second-order valence-corrected chi connectivity index (χ2v) is 14.1. The molecular weight excluding hydrogens is 623 g/mol. The van der Waals surface area contributed by atoms with Crippen molar-refractivity contribution >= 4 is 56.5 Å². The quantitative estimate of drug-likeness (QED) is 0.243. The Hall–Kier alpha value is -3.02. The van der Waals surface area contributed by atoms with Gasteiger partial charge in [-0.1, -0.05) is 5.92 Å². The minimum Gasteiger partial charge on any atom is -0.444 e. The molecule has 0 unspecified atom stereocenters. The number of hydrogen-bond acceptors (Lipinski definition) is 7. The molecule has 2 aliphatic heterocycles. The van der Waals surface area contributed by atoms with Gasteiger partial charge in [0.05, 0.1) is 33.9 Å². The molecule has 1 saturated carbocycles. The first kappa shape index (κ1) is 31.9. The normalized spacial score (nSPS) is 19.5. The van der Waals surface area contributed by atoms with Gasteiger partial charge in [0.2, 0.25) is 0 Å². The van der Waals surface area contributed by atoms with E-state index in [2.05, 4.69) is 38.8 Å². The van der Waals surface area contributed by atoms with E-state index in [9.17, 15) is 14.9 Å². The van der Waals surface area contributed by atoms with E-state index in [1.54, 1.807) is 43.6 Å². The van der Waals surface area contributed by atoms with Crippen LogP contribution in [0, 0.1) is 34.9 Å². The number of ether oxygens (including phenoxy) is 2. The van der Waals surface area contributed by atoms with Crippen molar-refractivity contribution in [2.24, 2.45) is 5.92 Å². The van der Waals surface area contributed by atoms with Gasteiger partial charge in [0.25, 0.3) is 0 Å². The Morgan fingerprint density at radius 2 is 1.90 bits per heavy atom. The molecule has 8 nitrogen and oxygen atoms in total. The number of fused-ring (bicyclic) bond motifs is 2. The van der Waals surface area contributed by atoms with E-state index < -0.39 is 35.2 Å². The Kier molecular flexibility index (Phi) is 9.06. The van der Waals surface area contributed by atoms with Gasteiger partial charge in [-0.15, -0.1) is 17.7 Å². The van der Waals surface area contributed by atoms with E-state index in [0.29, 0.717) is 46.6 Å². The number of halogens is 2. The van der Waals surface area contributed by atoms with Crippen LogP contribution < -0.4 is 4.90 Å². The van der Waals surface area contributed by atoms with Crippen molar-refractivity contribution in [3.63, 3.8) is 0 Å². The first-order chi connectivity index (χ1) is 19.6. The van der Waals surface area contributed by atoms with Crippen LogP contribution in [0.15, 0.2) is 15.6 Å². The lowest BCUT2D eigenvalue weighted by Gasteiger charge is -2.44. The molecule has 2 bridgehead atoms. The molecule has 1 aromatic carbocycles. The molecule has 0 spiro atoms. The number of nitriles is 1. The summed E-state index contributed by atoms with van der Waals surface area (Å²) in [6, 6.07) is 3.12. The summed E-state index contributed by atoms with van der Waals surface area (Å²) in [7, 11) is 0. The molecule has 5 rings (SSSR count). The van der Waals surface area contributed by atoms with Gasteiger partial charge in [-0.25, -0.2) is 19.0 Å². The monoisotopic (exact) mass is 658 g/mol. The minimum absolute atomic E-state index is 0.0447. The number of anilines is 1. The van der Waals surface area contributed by atoms with E-state index in [0.717, 1.165) is 0 Å². The number of hydrogen-bond donors (Lipinski definition) is 0. The van der Waals surface area contributed by atoms with Gasteiger partial charge >= 0.3 is 12.2 Å². The highest BCUT2D eigenvalue weighted by atomic mass is 79.9. The van der Waals surface area contributed by atoms with E-state index >= 15 is 4.39 Å². The molecule has 2 aromatic rings. The van der Waals surface area contributed by atoms with Crippen LogP contribution >= 0.6 is 27.7 Å². The zero-order valence-electron chi connectivity index (χ0n) is 25.2. The average Bonchev–Trinajstić information content (AvgIpc) is 3.47. The first-order valence-electron chi connectivity index (χ1n) is 13.8. The molecule has 2 saturated heterocycles. The number of aryl methyl sites for hydroxylation is 1. The van der Waals surface area contributed by atoms with Gasteiger partial charge in [-0.2, -0.15) is 5.26 Å². The SMILES string of the molecule is CC#Cc1c(SC)nc2c(F)c(Br)c(CCC#N)cc2c1N(C(=O)OC(C)(C)C)[C@H]1[C@H]2C[C@H]1N(C(=O)OC(C)(C)C)C2. The van der Waals surface area contributed by atoms with Crippen molar-refractivity contribution in [2.75, 3.05) is 17.7 Å². The maximum atomic E-state index is 16.0. The zero-order chi connectivity index (χ0) is 31.1. The third-order valence-electron chi connectivity index (χ3n) is 7.14. The predicted octanol–water partition coefficient (Wildman–Crippen LogP) is 7.44. The van der Waals surface area contributed by atoms with Crippen molar-refractivity contribution in [1.29, 1.82) is 5.26 Å². The minimum atomic E-state index is -0.822. The van der Waals surface area contributed by atoms with Crippen LogP contribution in [0.25, 0.3) is 10.9 Å². The number of benzene rings is 1. The molecule has 1 aromatic heterocycles. The molecule has 0 N–H and O–H groups in total. The second kappa shape index (κ2) is 11.9. The van der Waals surface area contributed by atoms with Crippen LogP contribution in [0.3, 0.4) is 0 Å². The number of thioether (sulfide) groups is 1. The number of nitrogens with zero attached hydrogens (tertiary/aromatic N) is 4. The Balaban J connectivity index is 1.99. The summed E-state index contributed by atoms with van der Waals surface area (Å²) in [5, 5.41) is 10.1. The van der Waals surface area contributed by atoms with Crippen molar-refractivity contribution in [1.82, 2.24) is 9.88 Å². The van der Waals surface area contributed by atoms with E-state index in [1.165, 1.54) is 11.8 Å². The Labute approximate surface area is 259 Å². The molecule has 0 radical (unpaired) electrons. The third-order valence-corrected chi connectivity index (χ3v) is 8.67. The van der Waals surface area contributed by atoms with Gasteiger partial charge in [-0.3, -0.25) is 4.90 Å². The molecule has 2 amide bonds. The van der Waals surface area contributed by atoms with Gasteiger partial charge in [0.1, 0.15) is 21.7 Å². The van der Waals surface area contributed by atoms with Gasteiger partial charge in [-0.05, 0) is 95.1 Å².